The fourth-order valence-electron chi connectivity index (χ4n) is 3.65. The highest BCUT2D eigenvalue weighted by molar-refractivity contribution is 5.85. The van der Waals surface area contributed by atoms with E-state index in [1.54, 1.807) is 6.08 Å². The number of epoxide rings is 2. The van der Waals surface area contributed by atoms with Gasteiger partial charge in [0.1, 0.15) is 23.9 Å². The first-order chi connectivity index (χ1) is 10.4. The Kier molecular flexibility index (Phi) is 3.87. The second-order valence-electron chi connectivity index (χ2n) is 6.54. The number of aliphatic hydroxyl groups excluding tert-OH is 1. The molecule has 2 saturated heterocycles. The molecule has 0 radical (unpaired) electrons. The Balaban J connectivity index is 1.58. The minimum Gasteiger partial charge on any atom is -0.462 e. The average Bonchev–Trinajstić information content (AvgIpc) is 3.34. The third kappa shape index (κ3) is 2.71. The minimum atomic E-state index is -1.00. The first-order valence-electron chi connectivity index (χ1n) is 7.70. The summed E-state index contributed by atoms with van der Waals surface area (Å²) in [4.78, 5) is 22.5. The number of ketones is 1. The number of ether oxygens (including phenoxy) is 3. The zero-order chi connectivity index (χ0) is 16.0. The van der Waals surface area contributed by atoms with E-state index in [1.165, 1.54) is 6.92 Å². The van der Waals surface area contributed by atoms with E-state index in [1.807, 2.05) is 13.0 Å². The van der Waals surface area contributed by atoms with Crippen LogP contribution in [0, 0.1) is 5.92 Å². The Morgan fingerprint density at radius 1 is 1.50 bits per heavy atom. The summed E-state index contributed by atoms with van der Waals surface area (Å²) < 4.78 is 16.2. The molecule has 3 aliphatic rings. The van der Waals surface area contributed by atoms with Gasteiger partial charge in [-0.2, -0.15) is 0 Å². The van der Waals surface area contributed by atoms with Crippen molar-refractivity contribution in [2.75, 3.05) is 13.2 Å². The lowest BCUT2D eigenvalue weighted by atomic mass is 9.69. The van der Waals surface area contributed by atoms with Crippen molar-refractivity contribution in [3.63, 3.8) is 0 Å². The zero-order valence-electron chi connectivity index (χ0n) is 12.9. The lowest BCUT2D eigenvalue weighted by Gasteiger charge is -2.35. The number of hydrogen-bond acceptors (Lipinski definition) is 6. The van der Waals surface area contributed by atoms with Crippen LogP contribution < -0.4 is 0 Å². The fraction of sp³-hybridized carbons (Fsp3) is 0.750. The number of Topliss-reactive ketones (excluding diaryl/α,β-unsaturated/α-hetero) is 1. The van der Waals surface area contributed by atoms with Gasteiger partial charge in [0.05, 0.1) is 18.6 Å². The summed E-state index contributed by atoms with van der Waals surface area (Å²) in [5.74, 6) is -0.728. The molecule has 0 aromatic carbocycles. The molecule has 1 saturated carbocycles. The third-order valence-electron chi connectivity index (χ3n) is 5.02. The van der Waals surface area contributed by atoms with Crippen LogP contribution in [0.5, 0.6) is 0 Å². The Morgan fingerprint density at radius 2 is 2.23 bits per heavy atom. The van der Waals surface area contributed by atoms with E-state index < -0.39 is 11.7 Å². The Hall–Kier alpha value is -1.24. The van der Waals surface area contributed by atoms with Gasteiger partial charge in [-0.25, -0.2) is 0 Å². The maximum atomic E-state index is 11.8. The number of rotatable bonds is 5. The van der Waals surface area contributed by atoms with Crippen molar-refractivity contribution < 1.29 is 28.9 Å². The summed E-state index contributed by atoms with van der Waals surface area (Å²) in [6.07, 6.45) is 4.32. The van der Waals surface area contributed by atoms with Crippen LogP contribution in [0.1, 0.15) is 33.1 Å². The van der Waals surface area contributed by atoms with Crippen LogP contribution >= 0.6 is 0 Å². The van der Waals surface area contributed by atoms with Gasteiger partial charge in [0.15, 0.2) is 5.78 Å². The highest BCUT2D eigenvalue weighted by atomic mass is 16.6. The molecule has 5 atom stereocenters. The minimum absolute atomic E-state index is 0.0484. The smallest absolute Gasteiger partial charge is 0.302 e. The first-order valence-corrected chi connectivity index (χ1v) is 7.70. The van der Waals surface area contributed by atoms with Crippen LogP contribution in [0.2, 0.25) is 0 Å². The molecule has 1 spiro atoms. The van der Waals surface area contributed by atoms with E-state index >= 15 is 0 Å². The van der Waals surface area contributed by atoms with Crippen molar-refractivity contribution in [1.82, 2.24) is 0 Å². The monoisotopic (exact) mass is 310 g/mol. The standard InChI is InChI=1S/C16H22O6/c1-10(17)20-8-4-3-5-12-15(2,22-12)14-13(19)11(18)6-7-16(14)9-21-16/h3-4,12-14,19H,5-9H2,1-2H3/b4-3+/t12-,13-,14-,15?,16+/m1/s1. The second kappa shape index (κ2) is 5.44. The summed E-state index contributed by atoms with van der Waals surface area (Å²) in [7, 11) is 0. The highest BCUT2D eigenvalue weighted by Crippen LogP contribution is 2.58. The molecule has 1 N–H and O–H groups in total. The summed E-state index contributed by atoms with van der Waals surface area (Å²) >= 11 is 0. The van der Waals surface area contributed by atoms with Crippen molar-refractivity contribution in [1.29, 1.82) is 0 Å². The van der Waals surface area contributed by atoms with Crippen LogP contribution in [0.25, 0.3) is 0 Å². The van der Waals surface area contributed by atoms with Gasteiger partial charge in [-0.1, -0.05) is 12.2 Å². The largest absolute Gasteiger partial charge is 0.462 e. The van der Waals surface area contributed by atoms with E-state index in [-0.39, 0.29) is 36.0 Å². The summed E-state index contributed by atoms with van der Waals surface area (Å²) in [6, 6.07) is 0. The number of carbonyl (C=O) groups is 2. The first kappa shape index (κ1) is 15.6. The maximum absolute atomic E-state index is 11.8. The lowest BCUT2D eigenvalue weighted by molar-refractivity contribution is -0.140. The average molecular weight is 310 g/mol. The maximum Gasteiger partial charge on any atom is 0.302 e. The highest BCUT2D eigenvalue weighted by Gasteiger charge is 2.71. The van der Waals surface area contributed by atoms with Crippen LogP contribution in [-0.2, 0) is 23.8 Å². The molecule has 2 aliphatic heterocycles. The quantitative estimate of drug-likeness (QED) is 0.458. The summed E-state index contributed by atoms with van der Waals surface area (Å²) in [6.45, 7) is 4.14. The van der Waals surface area contributed by atoms with Gasteiger partial charge in [0, 0.05) is 13.3 Å². The normalized spacial score (nSPS) is 43.6. The van der Waals surface area contributed by atoms with Gasteiger partial charge >= 0.3 is 5.97 Å². The van der Waals surface area contributed by atoms with Crippen molar-refractivity contribution in [3.8, 4) is 0 Å². The molecule has 2 heterocycles. The van der Waals surface area contributed by atoms with Gasteiger partial charge in [0.25, 0.3) is 0 Å². The second-order valence-corrected chi connectivity index (χ2v) is 6.54. The molecule has 1 unspecified atom stereocenters. The van der Waals surface area contributed by atoms with E-state index in [2.05, 4.69) is 0 Å². The molecule has 122 valence electrons. The molecule has 3 fully saturated rings. The molecule has 0 aromatic heterocycles. The third-order valence-corrected chi connectivity index (χ3v) is 5.02. The molecule has 1 aliphatic carbocycles. The van der Waals surface area contributed by atoms with E-state index in [9.17, 15) is 14.7 Å². The number of aliphatic hydroxyl groups is 1. The van der Waals surface area contributed by atoms with Crippen molar-refractivity contribution in [3.05, 3.63) is 12.2 Å². The fourth-order valence-corrected chi connectivity index (χ4v) is 3.65. The molecule has 0 amide bonds. The summed E-state index contributed by atoms with van der Waals surface area (Å²) in [5, 5.41) is 10.3. The molecular formula is C16H22O6. The molecule has 22 heavy (non-hydrogen) atoms. The van der Waals surface area contributed by atoms with Crippen molar-refractivity contribution in [2.45, 2.75) is 56.5 Å². The predicted molar refractivity (Wildman–Crippen MR) is 76.1 cm³/mol. The summed E-state index contributed by atoms with van der Waals surface area (Å²) in [5.41, 5.74) is -0.907. The van der Waals surface area contributed by atoms with Crippen LogP contribution in [-0.4, -0.2) is 53.5 Å². The molecular weight excluding hydrogens is 288 g/mol. The van der Waals surface area contributed by atoms with Crippen molar-refractivity contribution >= 4 is 11.8 Å². The Morgan fingerprint density at radius 3 is 2.86 bits per heavy atom. The molecule has 6 heteroatoms. The number of hydrogen-bond donors (Lipinski definition) is 1. The molecule has 0 aromatic rings. The van der Waals surface area contributed by atoms with Crippen LogP contribution in [0.15, 0.2) is 12.2 Å². The van der Waals surface area contributed by atoms with E-state index in [4.69, 9.17) is 14.2 Å². The Bertz CT molecular complexity index is 509. The Labute approximate surface area is 129 Å². The van der Waals surface area contributed by atoms with Gasteiger partial charge in [-0.3, -0.25) is 9.59 Å². The van der Waals surface area contributed by atoms with Crippen LogP contribution in [0.4, 0.5) is 0 Å². The molecule has 3 rings (SSSR count). The van der Waals surface area contributed by atoms with Gasteiger partial charge in [-0.05, 0) is 19.8 Å². The number of carbonyl (C=O) groups excluding carboxylic acids is 2. The topological polar surface area (TPSA) is 88.7 Å². The van der Waals surface area contributed by atoms with E-state index in [0.29, 0.717) is 25.9 Å². The zero-order valence-corrected chi connectivity index (χ0v) is 12.9. The molecule has 0 bridgehead atoms. The van der Waals surface area contributed by atoms with Gasteiger partial charge in [-0.15, -0.1) is 0 Å². The SMILES string of the molecule is CC(=O)OC/C=C/C[C@H]1OC1(C)[C@H]1[C@H](O)C(=O)CC[C@]12CO2. The van der Waals surface area contributed by atoms with Crippen molar-refractivity contribution in [2.24, 2.45) is 5.92 Å². The van der Waals surface area contributed by atoms with E-state index in [0.717, 1.165) is 0 Å². The van der Waals surface area contributed by atoms with Gasteiger partial charge < -0.3 is 19.3 Å². The predicted octanol–water partition coefficient (Wildman–Crippen LogP) is 0.762. The van der Waals surface area contributed by atoms with Crippen LogP contribution in [0.3, 0.4) is 0 Å². The van der Waals surface area contributed by atoms with Gasteiger partial charge in [0.2, 0.25) is 0 Å². The molecule has 6 nitrogen and oxygen atoms in total. The lowest BCUT2D eigenvalue weighted by Crippen LogP contribution is -2.52. The number of esters is 1.